The van der Waals surface area contributed by atoms with Crippen molar-refractivity contribution in [2.75, 3.05) is 14.8 Å². The van der Waals surface area contributed by atoms with E-state index in [4.69, 9.17) is 0 Å². The summed E-state index contributed by atoms with van der Waals surface area (Å²) in [6.07, 6.45) is 0. The second-order valence-electron chi connectivity index (χ2n) is 8.80. The van der Waals surface area contributed by atoms with Gasteiger partial charge < -0.3 is 5.32 Å². The summed E-state index contributed by atoms with van der Waals surface area (Å²) in [4.78, 5) is 12.9. The number of carbonyl (C=O) groups excluding carboxylic acids is 1. The number of anilines is 3. The Hall–Kier alpha value is -4.15. The maximum atomic E-state index is 13.1. The fourth-order valence-electron chi connectivity index (χ4n) is 3.73. The zero-order valence-corrected chi connectivity index (χ0v) is 22.7. The third kappa shape index (κ3) is 6.04. The maximum Gasteiger partial charge on any atom is 0.262 e. The Balaban J connectivity index is 1.51. The Morgan fingerprint density at radius 2 is 1.13 bits per heavy atom. The molecule has 0 radical (unpaired) electrons. The normalized spacial score (nSPS) is 11.6. The molecular formula is C28H27N3O5S2. The van der Waals surface area contributed by atoms with Gasteiger partial charge in [-0.05, 0) is 86.0 Å². The van der Waals surface area contributed by atoms with E-state index < -0.39 is 26.0 Å². The summed E-state index contributed by atoms with van der Waals surface area (Å²) in [5, 5.41) is 2.68. The Morgan fingerprint density at radius 3 is 1.68 bits per heavy atom. The molecule has 4 aromatic rings. The van der Waals surface area contributed by atoms with E-state index in [1.807, 2.05) is 12.1 Å². The molecule has 0 fully saturated rings. The smallest absolute Gasteiger partial charge is 0.262 e. The fourth-order valence-corrected chi connectivity index (χ4v) is 6.26. The van der Waals surface area contributed by atoms with Crippen LogP contribution in [0.2, 0.25) is 0 Å². The quantitative estimate of drug-likeness (QED) is 0.269. The average molecular weight is 550 g/mol. The van der Waals surface area contributed by atoms with Gasteiger partial charge in [0.1, 0.15) is 0 Å². The van der Waals surface area contributed by atoms with Crippen molar-refractivity contribution >= 4 is 43.0 Å². The summed E-state index contributed by atoms with van der Waals surface area (Å²) in [7, 11) is -7.78. The van der Waals surface area contributed by atoms with Crippen LogP contribution in [-0.4, -0.2) is 22.7 Å². The predicted molar refractivity (Wildman–Crippen MR) is 150 cm³/mol. The number of sulfonamides is 2. The van der Waals surface area contributed by atoms with Gasteiger partial charge in [-0.3, -0.25) is 14.2 Å². The number of hydrogen-bond donors (Lipinski definition) is 3. The summed E-state index contributed by atoms with van der Waals surface area (Å²) < 4.78 is 56.8. The fraction of sp³-hybridized carbons (Fsp3) is 0.107. The highest BCUT2D eigenvalue weighted by Gasteiger charge is 2.21. The molecule has 4 rings (SSSR count). The second-order valence-corrected chi connectivity index (χ2v) is 12.1. The van der Waals surface area contributed by atoms with Crippen molar-refractivity contribution in [3.8, 4) is 0 Å². The molecule has 10 heteroatoms. The zero-order valence-electron chi connectivity index (χ0n) is 21.0. The topological polar surface area (TPSA) is 121 Å². The molecule has 0 aliphatic heterocycles. The van der Waals surface area contributed by atoms with E-state index in [0.717, 1.165) is 11.1 Å². The number of carbonyl (C=O) groups is 1. The first-order valence-electron chi connectivity index (χ1n) is 11.7. The lowest BCUT2D eigenvalue weighted by molar-refractivity contribution is 0.102. The highest BCUT2D eigenvalue weighted by molar-refractivity contribution is 7.93. The van der Waals surface area contributed by atoms with E-state index in [1.165, 1.54) is 36.4 Å². The number of rotatable bonds is 8. The van der Waals surface area contributed by atoms with Crippen LogP contribution in [0.1, 0.15) is 27.0 Å². The number of para-hydroxylation sites is 2. The van der Waals surface area contributed by atoms with Gasteiger partial charge in [-0.2, -0.15) is 0 Å². The molecule has 0 heterocycles. The summed E-state index contributed by atoms with van der Waals surface area (Å²) >= 11 is 0. The third-order valence-electron chi connectivity index (χ3n) is 5.94. The minimum absolute atomic E-state index is 0.0166. The van der Waals surface area contributed by atoms with Crippen LogP contribution in [0.25, 0.3) is 0 Å². The summed E-state index contributed by atoms with van der Waals surface area (Å²) in [5.74, 6) is -0.536. The molecule has 0 unspecified atom stereocenters. The lowest BCUT2D eigenvalue weighted by Gasteiger charge is -2.14. The number of benzene rings is 4. The summed E-state index contributed by atoms with van der Waals surface area (Å²) in [6, 6.07) is 24.2. The molecule has 0 aliphatic rings. The second kappa shape index (κ2) is 10.7. The maximum absolute atomic E-state index is 13.1. The van der Waals surface area contributed by atoms with Gasteiger partial charge in [0, 0.05) is 11.3 Å². The van der Waals surface area contributed by atoms with Gasteiger partial charge in [0.2, 0.25) is 0 Å². The van der Waals surface area contributed by atoms with Crippen molar-refractivity contribution < 1.29 is 21.6 Å². The van der Waals surface area contributed by atoms with Gasteiger partial charge in [-0.25, -0.2) is 16.8 Å². The van der Waals surface area contributed by atoms with Crippen LogP contribution in [0.3, 0.4) is 0 Å². The molecule has 0 aliphatic carbocycles. The molecule has 3 N–H and O–H groups in total. The van der Waals surface area contributed by atoms with Gasteiger partial charge >= 0.3 is 0 Å². The molecule has 8 nitrogen and oxygen atoms in total. The molecular weight excluding hydrogens is 522 g/mol. The van der Waals surface area contributed by atoms with Crippen molar-refractivity contribution in [2.24, 2.45) is 0 Å². The van der Waals surface area contributed by atoms with Crippen LogP contribution in [0.15, 0.2) is 101 Å². The monoisotopic (exact) mass is 549 g/mol. The molecule has 0 atom stereocenters. The van der Waals surface area contributed by atoms with Crippen LogP contribution in [0.5, 0.6) is 0 Å². The minimum atomic E-state index is -3.95. The molecule has 0 saturated heterocycles. The zero-order chi connectivity index (χ0) is 27.5. The number of amides is 1. The molecule has 0 spiro atoms. The first-order chi connectivity index (χ1) is 18.0. The van der Waals surface area contributed by atoms with Gasteiger partial charge in [-0.15, -0.1) is 0 Å². The number of hydrogen-bond acceptors (Lipinski definition) is 5. The molecule has 1 amide bonds. The van der Waals surface area contributed by atoms with Crippen molar-refractivity contribution in [3.05, 3.63) is 113 Å². The van der Waals surface area contributed by atoms with Crippen molar-refractivity contribution in [1.82, 2.24) is 0 Å². The lowest BCUT2D eigenvalue weighted by Crippen LogP contribution is -2.17. The first-order valence-corrected chi connectivity index (χ1v) is 14.6. The van der Waals surface area contributed by atoms with Crippen LogP contribution in [0.4, 0.5) is 17.1 Å². The van der Waals surface area contributed by atoms with Gasteiger partial charge in [0.25, 0.3) is 26.0 Å². The van der Waals surface area contributed by atoms with Crippen LogP contribution in [-0.2, 0) is 20.0 Å². The van der Waals surface area contributed by atoms with Crippen molar-refractivity contribution in [3.63, 3.8) is 0 Å². The number of aryl methyl sites for hydroxylation is 3. The summed E-state index contributed by atoms with van der Waals surface area (Å²) in [5.41, 5.74) is 3.46. The van der Waals surface area contributed by atoms with E-state index in [0.29, 0.717) is 22.6 Å². The van der Waals surface area contributed by atoms with Crippen LogP contribution < -0.4 is 14.8 Å². The van der Waals surface area contributed by atoms with E-state index in [-0.39, 0.29) is 15.4 Å². The predicted octanol–water partition coefficient (Wildman–Crippen LogP) is 5.47. The Bertz CT molecular complexity index is 1720. The lowest BCUT2D eigenvalue weighted by atomic mass is 10.1. The Labute approximate surface area is 222 Å². The van der Waals surface area contributed by atoms with Gasteiger partial charge in [-0.1, -0.05) is 42.5 Å². The summed E-state index contributed by atoms with van der Waals surface area (Å²) in [6.45, 7) is 5.25. The van der Waals surface area contributed by atoms with Crippen LogP contribution in [0, 0.1) is 20.8 Å². The van der Waals surface area contributed by atoms with Crippen LogP contribution >= 0.6 is 0 Å². The van der Waals surface area contributed by atoms with Gasteiger partial charge in [0.15, 0.2) is 0 Å². The minimum Gasteiger partial charge on any atom is -0.322 e. The van der Waals surface area contributed by atoms with Gasteiger partial charge in [0.05, 0.1) is 21.2 Å². The molecule has 38 heavy (non-hydrogen) atoms. The molecule has 4 aromatic carbocycles. The first kappa shape index (κ1) is 26.9. The van der Waals surface area contributed by atoms with E-state index in [9.17, 15) is 21.6 Å². The largest absolute Gasteiger partial charge is 0.322 e. The standard InChI is InChI=1S/C28H27N3O5S2/c1-19-8-4-6-10-25(19)30-37(33,34)24-16-14-23(15-17-24)29-28(32)22-13-12-21(3)27(18-22)38(35,36)31-26-11-7-5-9-20(26)2/h4-18,30-31H,1-3H3,(H,29,32). The molecule has 196 valence electrons. The highest BCUT2D eigenvalue weighted by atomic mass is 32.2. The molecule has 0 bridgehead atoms. The highest BCUT2D eigenvalue weighted by Crippen LogP contribution is 2.24. The van der Waals surface area contributed by atoms with Crippen molar-refractivity contribution in [2.45, 2.75) is 30.6 Å². The van der Waals surface area contributed by atoms with Crippen molar-refractivity contribution in [1.29, 1.82) is 0 Å². The average Bonchev–Trinajstić information content (AvgIpc) is 2.87. The Kier molecular flexibility index (Phi) is 7.56. The molecule has 0 saturated carbocycles. The number of nitrogens with one attached hydrogen (secondary N) is 3. The van der Waals surface area contributed by atoms with E-state index in [1.54, 1.807) is 63.2 Å². The molecule has 0 aromatic heterocycles. The Morgan fingerprint density at radius 1 is 0.605 bits per heavy atom. The van der Waals surface area contributed by atoms with E-state index in [2.05, 4.69) is 14.8 Å². The third-order valence-corrected chi connectivity index (χ3v) is 8.83. The van der Waals surface area contributed by atoms with E-state index >= 15 is 0 Å². The SMILES string of the molecule is Cc1ccccc1NS(=O)(=O)c1ccc(NC(=O)c2ccc(C)c(S(=O)(=O)Nc3ccccc3C)c2)cc1.